The molecule has 0 saturated heterocycles. The fraction of sp³-hybridized carbons (Fsp3) is 0.444. The molecule has 0 fully saturated rings. The normalized spacial score (nSPS) is 12.1. The van der Waals surface area contributed by atoms with Crippen molar-refractivity contribution in [2.24, 2.45) is 0 Å². The molecule has 164 valence electrons. The maximum atomic E-state index is 13.9. The van der Waals surface area contributed by atoms with Crippen molar-refractivity contribution < 1.29 is 4.39 Å². The molecule has 1 unspecified atom stereocenters. The van der Waals surface area contributed by atoms with Crippen molar-refractivity contribution in [3.05, 3.63) is 83.9 Å². The second-order valence-electron chi connectivity index (χ2n) is 8.57. The van der Waals surface area contributed by atoms with Gasteiger partial charge in [-0.1, -0.05) is 101 Å². The summed E-state index contributed by atoms with van der Waals surface area (Å²) in [5, 5.41) is 0. The molecule has 0 aliphatic heterocycles. The van der Waals surface area contributed by atoms with E-state index >= 15 is 0 Å². The maximum absolute atomic E-state index is 13.9. The van der Waals surface area contributed by atoms with E-state index in [1.807, 2.05) is 24.4 Å². The summed E-state index contributed by atoms with van der Waals surface area (Å²) < 4.78 is 16.2. The molecule has 1 aromatic heterocycles. The van der Waals surface area contributed by atoms with Crippen molar-refractivity contribution in [2.75, 3.05) is 0 Å². The van der Waals surface area contributed by atoms with Gasteiger partial charge in [-0.25, -0.2) is 4.39 Å². The first-order chi connectivity index (χ1) is 15.3. The number of unbranched alkanes of at least 4 members (excludes halogenated alkanes) is 7. The van der Waals surface area contributed by atoms with Crippen LogP contribution in [0.25, 0.3) is 0 Å². The van der Waals surface area contributed by atoms with E-state index in [-0.39, 0.29) is 11.7 Å². The summed E-state index contributed by atoms with van der Waals surface area (Å²) in [6.45, 7) is 3.31. The number of nitrogens with zero attached hydrogens (tertiary/aromatic N) is 2. The Bertz CT molecular complexity index is 878. The molecule has 0 bridgehead atoms. The van der Waals surface area contributed by atoms with Crippen molar-refractivity contribution in [3.8, 4) is 0 Å². The summed E-state index contributed by atoms with van der Waals surface area (Å²) in [4.78, 5) is 4.63. The fourth-order valence-electron chi connectivity index (χ4n) is 4.40. The van der Waals surface area contributed by atoms with E-state index in [9.17, 15) is 4.39 Å². The van der Waals surface area contributed by atoms with Crippen LogP contribution in [0.3, 0.4) is 0 Å². The Morgan fingerprint density at radius 2 is 1.58 bits per heavy atom. The summed E-state index contributed by atoms with van der Waals surface area (Å²) in [7, 11) is 0.889. The predicted octanol–water partition coefficient (Wildman–Crippen LogP) is 6.48. The Hall–Kier alpha value is -2.36. The summed E-state index contributed by atoms with van der Waals surface area (Å²) in [6, 6.07) is 17.5. The van der Waals surface area contributed by atoms with Crippen LogP contribution < -0.4 is 5.72 Å². The van der Waals surface area contributed by atoms with Crippen LogP contribution in [0.15, 0.2) is 67.0 Å². The first-order valence-corrected chi connectivity index (χ1v) is 12.1. The second-order valence-corrected chi connectivity index (χ2v) is 8.57. The van der Waals surface area contributed by atoms with Crippen molar-refractivity contribution in [1.29, 1.82) is 0 Å². The van der Waals surface area contributed by atoms with Gasteiger partial charge in [0.05, 0.1) is 5.72 Å². The number of aryl methyl sites for hydroxylation is 1. The Morgan fingerprint density at radius 3 is 2.32 bits per heavy atom. The van der Waals surface area contributed by atoms with E-state index in [4.69, 9.17) is 0 Å². The lowest BCUT2D eigenvalue weighted by atomic mass is 9.65. The van der Waals surface area contributed by atoms with Gasteiger partial charge < -0.3 is 4.57 Å². The lowest BCUT2D eigenvalue weighted by Crippen LogP contribution is -2.27. The van der Waals surface area contributed by atoms with Gasteiger partial charge in [0, 0.05) is 24.9 Å². The van der Waals surface area contributed by atoms with E-state index in [1.165, 1.54) is 63.0 Å². The van der Waals surface area contributed by atoms with Crippen molar-refractivity contribution in [3.63, 3.8) is 0 Å². The third-order valence-electron chi connectivity index (χ3n) is 6.16. The van der Waals surface area contributed by atoms with Crippen LogP contribution in [0, 0.1) is 5.82 Å². The van der Waals surface area contributed by atoms with Gasteiger partial charge >= 0.3 is 0 Å². The second kappa shape index (κ2) is 13.1. The minimum atomic E-state index is -0.172. The van der Waals surface area contributed by atoms with E-state index < -0.39 is 0 Å². The SMILES string of the molecule is CCCCCCCCCCn1ccnc1BCC(c1ccccc1)c1cccc(F)c1. The first-order valence-electron chi connectivity index (χ1n) is 12.1. The molecule has 3 rings (SSSR count). The molecule has 0 radical (unpaired) electrons. The zero-order chi connectivity index (χ0) is 21.7. The molecule has 2 nitrogen and oxygen atoms in total. The predicted molar refractivity (Wildman–Crippen MR) is 131 cm³/mol. The lowest BCUT2D eigenvalue weighted by Gasteiger charge is -2.18. The topological polar surface area (TPSA) is 17.8 Å². The molecule has 0 N–H and O–H groups in total. The van der Waals surface area contributed by atoms with Gasteiger partial charge in [0.25, 0.3) is 0 Å². The lowest BCUT2D eigenvalue weighted by molar-refractivity contribution is 0.547. The molecule has 0 aliphatic carbocycles. The molecular formula is C27H36BFN2. The largest absolute Gasteiger partial charge is 0.343 e. The third kappa shape index (κ3) is 7.68. The third-order valence-corrected chi connectivity index (χ3v) is 6.16. The molecule has 1 heterocycles. The van der Waals surface area contributed by atoms with Crippen LogP contribution in [0.5, 0.6) is 0 Å². The van der Waals surface area contributed by atoms with E-state index in [0.717, 1.165) is 31.4 Å². The van der Waals surface area contributed by atoms with Crippen LogP contribution >= 0.6 is 0 Å². The van der Waals surface area contributed by atoms with Crippen LogP contribution in [-0.4, -0.2) is 16.8 Å². The molecule has 0 saturated carbocycles. The Morgan fingerprint density at radius 1 is 0.871 bits per heavy atom. The monoisotopic (exact) mass is 418 g/mol. The molecule has 0 spiro atoms. The van der Waals surface area contributed by atoms with Gasteiger partial charge in [0.15, 0.2) is 0 Å². The molecule has 3 aromatic rings. The molecule has 1 atom stereocenters. The number of aromatic nitrogens is 2. The Balaban J connectivity index is 1.54. The van der Waals surface area contributed by atoms with Gasteiger partial charge in [-0.15, -0.1) is 0 Å². The number of hydrogen-bond acceptors (Lipinski definition) is 1. The highest BCUT2D eigenvalue weighted by atomic mass is 19.1. The van der Waals surface area contributed by atoms with Gasteiger partial charge in [-0.05, 0) is 29.7 Å². The molecule has 2 aromatic carbocycles. The van der Waals surface area contributed by atoms with E-state index in [2.05, 4.69) is 46.9 Å². The summed E-state index contributed by atoms with van der Waals surface area (Å²) >= 11 is 0. The highest BCUT2D eigenvalue weighted by molar-refractivity contribution is 6.51. The molecule has 0 amide bonds. The Kier molecular flexibility index (Phi) is 9.88. The van der Waals surface area contributed by atoms with Crippen LogP contribution in [0.2, 0.25) is 6.32 Å². The molecule has 31 heavy (non-hydrogen) atoms. The highest BCUT2D eigenvalue weighted by Crippen LogP contribution is 2.28. The van der Waals surface area contributed by atoms with Gasteiger partial charge in [0.2, 0.25) is 7.28 Å². The Labute approximate surface area is 188 Å². The van der Waals surface area contributed by atoms with Crippen LogP contribution in [-0.2, 0) is 6.54 Å². The average molecular weight is 418 g/mol. The quantitative estimate of drug-likeness (QED) is 0.217. The van der Waals surface area contributed by atoms with Crippen molar-refractivity contribution >= 4 is 13.0 Å². The standard InChI is InChI=1S/C27H36BFN2/c1-2-3-4-5-6-7-8-12-19-31-20-18-30-27(31)28-22-26(23-14-10-9-11-15-23)24-16-13-17-25(29)21-24/h9-11,13-18,20-21,26,28H,2-8,12,19,22H2,1H3. The summed E-state index contributed by atoms with van der Waals surface area (Å²) in [5.74, 6) is -0.000189. The first kappa shape index (κ1) is 23.3. The van der Waals surface area contributed by atoms with E-state index in [0.29, 0.717) is 0 Å². The smallest absolute Gasteiger partial charge is 0.205 e. The van der Waals surface area contributed by atoms with Crippen LogP contribution in [0.4, 0.5) is 4.39 Å². The molecule has 0 aliphatic rings. The van der Waals surface area contributed by atoms with E-state index in [1.54, 1.807) is 6.07 Å². The number of halogens is 1. The minimum absolute atomic E-state index is 0.171. The zero-order valence-electron chi connectivity index (χ0n) is 19.0. The minimum Gasteiger partial charge on any atom is -0.343 e. The molecular weight excluding hydrogens is 382 g/mol. The van der Waals surface area contributed by atoms with Crippen molar-refractivity contribution in [2.45, 2.75) is 77.1 Å². The summed E-state index contributed by atoms with van der Waals surface area (Å²) in [5.41, 5.74) is 3.40. The average Bonchev–Trinajstić information content (AvgIpc) is 3.24. The number of hydrogen-bond donors (Lipinski definition) is 0. The van der Waals surface area contributed by atoms with Gasteiger partial charge in [-0.3, -0.25) is 4.98 Å². The van der Waals surface area contributed by atoms with Gasteiger partial charge in [-0.2, -0.15) is 0 Å². The summed E-state index contributed by atoms with van der Waals surface area (Å²) in [6.07, 6.45) is 15.6. The number of rotatable bonds is 14. The maximum Gasteiger partial charge on any atom is 0.205 e. The molecule has 4 heteroatoms. The van der Waals surface area contributed by atoms with Crippen molar-refractivity contribution in [1.82, 2.24) is 9.55 Å². The fourth-order valence-corrected chi connectivity index (χ4v) is 4.40. The van der Waals surface area contributed by atoms with Gasteiger partial charge in [0.1, 0.15) is 5.82 Å². The number of imidazole rings is 1. The highest BCUT2D eigenvalue weighted by Gasteiger charge is 2.17. The number of benzene rings is 2. The zero-order valence-corrected chi connectivity index (χ0v) is 19.0. The van der Waals surface area contributed by atoms with Crippen LogP contribution in [0.1, 0.15) is 75.3 Å².